The molecule has 0 heterocycles. The van der Waals surface area contributed by atoms with E-state index >= 15 is 0 Å². The Morgan fingerprint density at radius 3 is 1.75 bits per heavy atom. The summed E-state index contributed by atoms with van der Waals surface area (Å²) in [5.41, 5.74) is 0. The summed E-state index contributed by atoms with van der Waals surface area (Å²) < 4.78 is 0. The summed E-state index contributed by atoms with van der Waals surface area (Å²) in [6.07, 6.45) is 19.3. The fourth-order valence-corrected chi connectivity index (χ4v) is 1.26. The van der Waals surface area contributed by atoms with E-state index < -0.39 is 0 Å². The van der Waals surface area contributed by atoms with Crippen LogP contribution in [-0.4, -0.2) is 5.12 Å². The van der Waals surface area contributed by atoms with Crippen molar-refractivity contribution in [3.05, 3.63) is 63.7 Å². The van der Waals surface area contributed by atoms with Gasteiger partial charge in [-0.25, -0.2) is 0 Å². The molecule has 2 aliphatic rings. The summed E-state index contributed by atoms with van der Waals surface area (Å²) in [6.45, 7) is 0. The van der Waals surface area contributed by atoms with E-state index in [1.54, 1.807) is 0 Å². The van der Waals surface area contributed by atoms with Crippen molar-refractivity contribution in [1.29, 1.82) is 0 Å². The van der Waals surface area contributed by atoms with E-state index in [4.69, 9.17) is 0 Å². The molecule has 0 spiro atoms. The SMILES string of the molecule is O=C(S)CC[C]1[CH][CH][CH][CH]1.[CH]1[CH][CH][CH][CH]1.[Fe+2]. The Morgan fingerprint density at radius 2 is 1.38 bits per heavy atom. The van der Waals surface area contributed by atoms with Crippen LogP contribution >= 0.6 is 12.6 Å². The van der Waals surface area contributed by atoms with E-state index in [2.05, 4.69) is 12.6 Å². The quantitative estimate of drug-likeness (QED) is 0.618. The molecule has 0 unspecified atom stereocenters. The van der Waals surface area contributed by atoms with Gasteiger partial charge in [-0.1, -0.05) is 0 Å². The molecule has 1 nitrogen and oxygen atoms in total. The van der Waals surface area contributed by atoms with Gasteiger partial charge in [0.2, 0.25) is 0 Å². The Labute approximate surface area is 116 Å². The van der Waals surface area contributed by atoms with Crippen molar-refractivity contribution >= 4 is 17.7 Å². The number of thiol groups is 1. The van der Waals surface area contributed by atoms with Crippen LogP contribution in [0.2, 0.25) is 0 Å². The maximum Gasteiger partial charge on any atom is 2.00 e. The third-order valence-electron chi connectivity index (χ3n) is 1.91. The van der Waals surface area contributed by atoms with Gasteiger partial charge < -0.3 is 0 Å². The smallest absolute Gasteiger partial charge is 0.288 e. The van der Waals surface area contributed by atoms with Gasteiger partial charge in [-0.15, -0.1) is 12.6 Å². The van der Waals surface area contributed by atoms with Crippen LogP contribution in [0.25, 0.3) is 0 Å². The second-order valence-electron chi connectivity index (χ2n) is 3.15. The molecule has 0 aliphatic heterocycles. The Balaban J connectivity index is 0.000000318. The topological polar surface area (TPSA) is 17.1 Å². The average molecular weight is 274 g/mol. The van der Waals surface area contributed by atoms with Crippen LogP contribution < -0.4 is 0 Å². The van der Waals surface area contributed by atoms with Crippen molar-refractivity contribution in [2.45, 2.75) is 12.8 Å². The molecule has 2 rings (SSSR count). The van der Waals surface area contributed by atoms with Crippen LogP contribution in [0.1, 0.15) is 12.8 Å². The van der Waals surface area contributed by atoms with Gasteiger partial charge in [0.1, 0.15) is 0 Å². The summed E-state index contributed by atoms with van der Waals surface area (Å²) in [5, 5.41) is -0.0406. The zero-order valence-corrected chi connectivity index (χ0v) is 10.8. The number of hydrogen-bond acceptors (Lipinski definition) is 1. The molecule has 0 N–H and O–H groups in total. The molecule has 84 valence electrons. The molecule has 0 aromatic rings. The molecular weight excluding hydrogens is 260 g/mol. The first-order chi connectivity index (χ1) is 7.29. The predicted molar refractivity (Wildman–Crippen MR) is 65.2 cm³/mol. The van der Waals surface area contributed by atoms with Crippen molar-refractivity contribution < 1.29 is 21.9 Å². The van der Waals surface area contributed by atoms with Crippen molar-refractivity contribution in [3.8, 4) is 0 Å². The van der Waals surface area contributed by atoms with Crippen LogP contribution in [0.3, 0.4) is 0 Å². The summed E-state index contributed by atoms with van der Waals surface area (Å²) in [4.78, 5) is 10.4. The van der Waals surface area contributed by atoms with Gasteiger partial charge in [-0.2, -0.15) is 0 Å². The van der Waals surface area contributed by atoms with Gasteiger partial charge in [0.05, 0.1) is 0 Å². The molecule has 2 saturated carbocycles. The van der Waals surface area contributed by atoms with E-state index in [1.807, 2.05) is 57.8 Å². The Morgan fingerprint density at radius 1 is 0.938 bits per heavy atom. The van der Waals surface area contributed by atoms with Crippen LogP contribution in [-0.2, 0) is 21.9 Å². The van der Waals surface area contributed by atoms with E-state index in [-0.39, 0.29) is 22.2 Å². The van der Waals surface area contributed by atoms with Crippen molar-refractivity contribution in [2.75, 3.05) is 0 Å². The maximum absolute atomic E-state index is 10.4. The largest absolute Gasteiger partial charge is 2.00 e. The van der Waals surface area contributed by atoms with Gasteiger partial charge >= 0.3 is 17.1 Å². The second kappa shape index (κ2) is 10.7. The number of carbonyl (C=O) groups is 1. The minimum Gasteiger partial charge on any atom is -0.288 e. The molecule has 0 saturated heterocycles. The minimum atomic E-state index is -0.0406. The van der Waals surface area contributed by atoms with Crippen molar-refractivity contribution in [2.24, 2.45) is 0 Å². The zero-order valence-electron chi connectivity index (χ0n) is 8.82. The molecule has 0 aromatic carbocycles. The van der Waals surface area contributed by atoms with Crippen molar-refractivity contribution in [1.82, 2.24) is 0 Å². The third-order valence-corrected chi connectivity index (χ3v) is 2.14. The molecule has 0 aromatic heterocycles. The van der Waals surface area contributed by atoms with E-state index in [1.165, 1.54) is 5.92 Å². The van der Waals surface area contributed by atoms with Gasteiger partial charge in [-0.05, 0) is 70.1 Å². The zero-order chi connectivity index (χ0) is 10.9. The van der Waals surface area contributed by atoms with E-state index in [0.29, 0.717) is 6.42 Å². The predicted octanol–water partition coefficient (Wildman–Crippen LogP) is 2.65. The van der Waals surface area contributed by atoms with Crippen LogP contribution in [0, 0.1) is 63.7 Å². The number of rotatable bonds is 3. The molecule has 0 atom stereocenters. The Bertz CT molecular complexity index is 167. The molecule has 16 heavy (non-hydrogen) atoms. The summed E-state index contributed by atoms with van der Waals surface area (Å²) in [5.74, 6) is 1.21. The van der Waals surface area contributed by atoms with Crippen molar-refractivity contribution in [3.63, 3.8) is 0 Å². The van der Waals surface area contributed by atoms with E-state index in [9.17, 15) is 4.79 Å². The van der Waals surface area contributed by atoms with Gasteiger partial charge in [0.25, 0.3) is 0 Å². The molecular formula is C13H14FeOS+2. The molecule has 2 fully saturated rings. The molecule has 3 heteroatoms. The Kier molecular flexibility index (Phi) is 11.0. The first kappa shape index (κ1) is 16.5. The molecule has 0 bridgehead atoms. The van der Waals surface area contributed by atoms with Crippen LogP contribution in [0.15, 0.2) is 0 Å². The normalized spacial score (nSPS) is 19.8. The minimum absolute atomic E-state index is 0. The summed E-state index contributed by atoms with van der Waals surface area (Å²) in [7, 11) is 0. The first-order valence-electron chi connectivity index (χ1n) is 4.88. The summed E-state index contributed by atoms with van der Waals surface area (Å²) in [6, 6.07) is 0. The third kappa shape index (κ3) is 8.66. The fraction of sp³-hybridized carbons (Fsp3) is 0.154. The fourth-order valence-electron chi connectivity index (χ4n) is 1.15. The standard InChI is InChI=1S/C8H9OS.C5H5.Fe/c9-8(10)6-5-7-3-1-2-4-7;1-2-4-5-3-1;/h1-4H,5-6H2,(H,9,10);1-5H;/q;;+2. The summed E-state index contributed by atoms with van der Waals surface area (Å²) >= 11 is 3.67. The van der Waals surface area contributed by atoms with Gasteiger partial charge in [0.15, 0.2) is 5.12 Å². The molecule has 2 aliphatic carbocycles. The Hall–Kier alpha value is 0.539. The average Bonchev–Trinajstić information content (AvgIpc) is 2.91. The first-order valence-corrected chi connectivity index (χ1v) is 5.33. The molecule has 0 amide bonds. The van der Waals surface area contributed by atoms with E-state index in [0.717, 1.165) is 6.42 Å². The van der Waals surface area contributed by atoms with Crippen LogP contribution in [0.4, 0.5) is 0 Å². The van der Waals surface area contributed by atoms with Gasteiger partial charge in [-0.3, -0.25) is 4.79 Å². The molecule has 10 radical (unpaired) electrons. The maximum atomic E-state index is 10.4. The van der Waals surface area contributed by atoms with Crippen LogP contribution in [0.5, 0.6) is 0 Å². The van der Waals surface area contributed by atoms with Gasteiger partial charge in [0, 0.05) is 6.42 Å². The second-order valence-corrected chi connectivity index (χ2v) is 3.65. The number of hydrogen-bond donors (Lipinski definition) is 1. The number of carbonyl (C=O) groups excluding carboxylic acids is 1. The monoisotopic (exact) mass is 274 g/mol.